The summed E-state index contributed by atoms with van der Waals surface area (Å²) in [5.41, 5.74) is 8.26. The first-order chi connectivity index (χ1) is 16.9. The number of pyridine rings is 1. The molecule has 2 aromatic heterocycles. The van der Waals surface area contributed by atoms with Crippen molar-refractivity contribution in [2.24, 2.45) is 0 Å². The molecular formula is C29H31N5S. The summed E-state index contributed by atoms with van der Waals surface area (Å²) in [7, 11) is 4.13. The van der Waals surface area contributed by atoms with Crippen molar-refractivity contribution in [1.82, 2.24) is 19.8 Å². The first-order valence-electron chi connectivity index (χ1n) is 11.9. The Hall–Kier alpha value is -3.64. The minimum Gasteiger partial charge on any atom is -0.378 e. The van der Waals surface area contributed by atoms with Gasteiger partial charge < -0.3 is 19.7 Å². The second kappa shape index (κ2) is 9.55. The average Bonchev–Trinajstić information content (AvgIpc) is 3.35. The zero-order valence-electron chi connectivity index (χ0n) is 20.6. The van der Waals surface area contributed by atoms with Crippen molar-refractivity contribution >= 4 is 23.0 Å². The lowest BCUT2D eigenvalue weighted by atomic mass is 9.96. The third-order valence-electron chi connectivity index (χ3n) is 6.81. The number of nitrogens with zero attached hydrogens (tertiary/aromatic N) is 4. The largest absolute Gasteiger partial charge is 0.378 e. The van der Waals surface area contributed by atoms with Crippen LogP contribution in [-0.4, -0.2) is 33.7 Å². The molecule has 1 aliphatic heterocycles. The van der Waals surface area contributed by atoms with Crippen LogP contribution in [0.2, 0.25) is 0 Å². The van der Waals surface area contributed by atoms with E-state index in [1.165, 1.54) is 28.2 Å². The zero-order chi connectivity index (χ0) is 24.5. The number of rotatable bonds is 6. The Bertz CT molecular complexity index is 1310. The molecule has 5 rings (SSSR count). The van der Waals surface area contributed by atoms with Gasteiger partial charge in [-0.05, 0) is 79.7 Å². The molecule has 178 valence electrons. The van der Waals surface area contributed by atoms with Crippen LogP contribution < -0.4 is 10.2 Å². The Morgan fingerprint density at radius 1 is 0.943 bits per heavy atom. The first kappa shape index (κ1) is 23.1. The molecule has 0 saturated carbocycles. The van der Waals surface area contributed by atoms with E-state index in [-0.39, 0.29) is 12.1 Å². The molecule has 0 radical (unpaired) electrons. The number of thiocarbonyl (C=S) groups is 1. The van der Waals surface area contributed by atoms with Gasteiger partial charge >= 0.3 is 0 Å². The quantitative estimate of drug-likeness (QED) is 0.356. The van der Waals surface area contributed by atoms with Gasteiger partial charge in [0, 0.05) is 49.6 Å². The van der Waals surface area contributed by atoms with E-state index in [9.17, 15) is 0 Å². The molecule has 0 aliphatic carbocycles. The van der Waals surface area contributed by atoms with Gasteiger partial charge in [-0.1, -0.05) is 36.4 Å². The lowest BCUT2D eigenvalue weighted by Gasteiger charge is -2.28. The number of hydrogen-bond donors (Lipinski definition) is 1. The van der Waals surface area contributed by atoms with Gasteiger partial charge in [0.05, 0.1) is 17.8 Å². The number of nitrogens with one attached hydrogen (secondary N) is 1. The number of hydrogen-bond acceptors (Lipinski definition) is 3. The summed E-state index contributed by atoms with van der Waals surface area (Å²) < 4.78 is 2.34. The maximum Gasteiger partial charge on any atom is 0.170 e. The summed E-state index contributed by atoms with van der Waals surface area (Å²) in [6, 6.07) is 27.6. The van der Waals surface area contributed by atoms with Gasteiger partial charge in [-0.2, -0.15) is 0 Å². The molecule has 35 heavy (non-hydrogen) atoms. The maximum absolute atomic E-state index is 5.88. The van der Waals surface area contributed by atoms with Crippen LogP contribution in [0.15, 0.2) is 85.1 Å². The molecule has 4 aromatic rings. The van der Waals surface area contributed by atoms with E-state index in [0.717, 1.165) is 23.0 Å². The smallest absolute Gasteiger partial charge is 0.170 e. The molecule has 1 fully saturated rings. The van der Waals surface area contributed by atoms with Gasteiger partial charge in [0.1, 0.15) is 0 Å². The molecule has 0 spiro atoms. The molecule has 3 heterocycles. The van der Waals surface area contributed by atoms with Gasteiger partial charge in [-0.25, -0.2) is 0 Å². The molecule has 2 aromatic carbocycles. The lowest BCUT2D eigenvalue weighted by molar-refractivity contribution is 0.310. The molecule has 1 saturated heterocycles. The molecule has 0 amide bonds. The summed E-state index contributed by atoms with van der Waals surface area (Å²) in [6.07, 6.45) is 1.85. The van der Waals surface area contributed by atoms with Crippen molar-refractivity contribution in [3.05, 3.63) is 113 Å². The van der Waals surface area contributed by atoms with E-state index in [1.54, 1.807) is 0 Å². The highest BCUT2D eigenvalue weighted by atomic mass is 32.1. The van der Waals surface area contributed by atoms with Crippen LogP contribution in [0.4, 0.5) is 5.69 Å². The van der Waals surface area contributed by atoms with Crippen molar-refractivity contribution in [2.45, 2.75) is 32.5 Å². The summed E-state index contributed by atoms with van der Waals surface area (Å²) >= 11 is 5.88. The highest BCUT2D eigenvalue weighted by molar-refractivity contribution is 7.80. The van der Waals surface area contributed by atoms with E-state index in [0.29, 0.717) is 0 Å². The Labute approximate surface area is 213 Å². The van der Waals surface area contributed by atoms with E-state index in [1.807, 2.05) is 24.4 Å². The summed E-state index contributed by atoms with van der Waals surface area (Å²) in [4.78, 5) is 9.13. The number of aryl methyl sites for hydroxylation is 1. The Balaban J connectivity index is 1.59. The third-order valence-corrected chi connectivity index (χ3v) is 7.16. The predicted molar refractivity (Wildman–Crippen MR) is 147 cm³/mol. The van der Waals surface area contributed by atoms with Crippen molar-refractivity contribution < 1.29 is 0 Å². The van der Waals surface area contributed by atoms with Gasteiger partial charge in [0.15, 0.2) is 5.11 Å². The van der Waals surface area contributed by atoms with Crippen LogP contribution in [0.1, 0.15) is 40.3 Å². The van der Waals surface area contributed by atoms with Crippen molar-refractivity contribution in [1.29, 1.82) is 0 Å². The highest BCUT2D eigenvalue weighted by Crippen LogP contribution is 2.42. The number of anilines is 1. The second-order valence-electron chi connectivity index (χ2n) is 9.31. The summed E-state index contributed by atoms with van der Waals surface area (Å²) in [6.45, 7) is 5.12. The molecule has 1 N–H and O–H groups in total. The fourth-order valence-corrected chi connectivity index (χ4v) is 5.38. The number of benzene rings is 2. The molecular weight excluding hydrogens is 450 g/mol. The van der Waals surface area contributed by atoms with E-state index >= 15 is 0 Å². The van der Waals surface area contributed by atoms with E-state index < -0.39 is 0 Å². The van der Waals surface area contributed by atoms with Crippen molar-refractivity contribution in [3.63, 3.8) is 0 Å². The van der Waals surface area contributed by atoms with Gasteiger partial charge in [-0.15, -0.1) is 0 Å². The van der Waals surface area contributed by atoms with E-state index in [2.05, 4.69) is 108 Å². The molecule has 0 unspecified atom stereocenters. The highest BCUT2D eigenvalue weighted by Gasteiger charge is 2.41. The molecule has 2 atom stereocenters. The normalized spacial score (nSPS) is 17.5. The fraction of sp³-hybridized carbons (Fsp3) is 0.241. The average molecular weight is 482 g/mol. The van der Waals surface area contributed by atoms with Crippen LogP contribution in [0.5, 0.6) is 0 Å². The standard InChI is InChI=1S/C29H31N5S/c1-20-18-25(21(2)34(20)24-15-13-23(14-16-24)32(3)4)28-27(26-12-8-9-17-30-26)31-29(35)33(28)19-22-10-6-5-7-11-22/h5-18,27-28H,19H2,1-4H3,(H,31,35)/t27-,28+/m1/s1. The lowest BCUT2D eigenvalue weighted by Crippen LogP contribution is -2.29. The van der Waals surface area contributed by atoms with Crippen LogP contribution in [0.25, 0.3) is 5.69 Å². The number of aromatic nitrogens is 2. The summed E-state index contributed by atoms with van der Waals surface area (Å²) in [5, 5.41) is 4.34. The van der Waals surface area contributed by atoms with Crippen LogP contribution in [0.3, 0.4) is 0 Å². The van der Waals surface area contributed by atoms with Crippen LogP contribution >= 0.6 is 12.2 Å². The minimum atomic E-state index is -0.0301. The third kappa shape index (κ3) is 4.42. The Kier molecular flexibility index (Phi) is 6.31. The topological polar surface area (TPSA) is 36.3 Å². The van der Waals surface area contributed by atoms with Crippen molar-refractivity contribution in [2.75, 3.05) is 19.0 Å². The van der Waals surface area contributed by atoms with Crippen LogP contribution in [-0.2, 0) is 6.54 Å². The Morgan fingerprint density at radius 3 is 2.31 bits per heavy atom. The minimum absolute atomic E-state index is 0.0265. The van der Waals surface area contributed by atoms with Gasteiger partial charge in [-0.3, -0.25) is 4.98 Å². The molecule has 6 heteroatoms. The molecule has 5 nitrogen and oxygen atoms in total. The molecule has 0 bridgehead atoms. The van der Waals surface area contributed by atoms with E-state index in [4.69, 9.17) is 17.2 Å². The Morgan fingerprint density at radius 2 is 1.66 bits per heavy atom. The molecule has 1 aliphatic rings. The zero-order valence-corrected chi connectivity index (χ0v) is 21.5. The maximum atomic E-state index is 5.88. The van der Waals surface area contributed by atoms with Gasteiger partial charge in [0.25, 0.3) is 0 Å². The second-order valence-corrected chi connectivity index (χ2v) is 9.70. The predicted octanol–water partition coefficient (Wildman–Crippen LogP) is 5.73. The van der Waals surface area contributed by atoms with Crippen LogP contribution in [0, 0.1) is 13.8 Å². The fourth-order valence-electron chi connectivity index (χ4n) is 5.08. The van der Waals surface area contributed by atoms with Crippen molar-refractivity contribution in [3.8, 4) is 5.69 Å². The SMILES string of the molecule is Cc1cc([C@H]2[C@@H](c3ccccn3)NC(=S)N2Cc2ccccc2)c(C)n1-c1ccc(N(C)C)cc1. The summed E-state index contributed by atoms with van der Waals surface area (Å²) in [5.74, 6) is 0. The monoisotopic (exact) mass is 481 g/mol. The van der Waals surface area contributed by atoms with Gasteiger partial charge in [0.2, 0.25) is 0 Å². The first-order valence-corrected chi connectivity index (χ1v) is 12.3.